The van der Waals surface area contributed by atoms with Crippen molar-refractivity contribution < 1.29 is 133 Å². The summed E-state index contributed by atoms with van der Waals surface area (Å²) in [5, 5.41) is 8.17. The fourth-order valence-corrected chi connectivity index (χ4v) is 13.1. The van der Waals surface area contributed by atoms with Crippen LogP contribution in [0, 0.1) is 26.2 Å². The second-order valence-corrected chi connectivity index (χ2v) is 36.4. The number of carbonyl (C=O) groups is 12. The zero-order chi connectivity index (χ0) is 101. The van der Waals surface area contributed by atoms with Gasteiger partial charge < -0.3 is 75.8 Å². The number of hydrazone groups is 2. The molecule has 0 aliphatic rings. The van der Waals surface area contributed by atoms with Gasteiger partial charge in [-0.2, -0.15) is 20.2 Å². The fraction of sp³-hybridized carbons (Fsp3) is 0.527. The Bertz CT molecular complexity index is 4720. The molecule has 0 atom stereocenters. The summed E-state index contributed by atoms with van der Waals surface area (Å²) in [6, 6.07) is 17.3. The second kappa shape index (κ2) is 53.1. The monoisotopic (exact) mass is 1970 g/mol. The Morgan fingerprint density at radius 3 is 0.985 bits per heavy atom. The third-order valence-electron chi connectivity index (χ3n) is 19.0. The van der Waals surface area contributed by atoms with E-state index in [9.17, 15) is 19.2 Å². The summed E-state index contributed by atoms with van der Waals surface area (Å²) < 4.78 is 90.4. The molecular formula is C93H123Cl5N8O28. The molecular weight excluding hydrogens is 1850 g/mol. The number of anilines is 6. The number of amides is 10. The first-order valence-corrected chi connectivity index (χ1v) is 44.4. The van der Waals surface area contributed by atoms with Crippen LogP contribution in [0.3, 0.4) is 0 Å². The number of unbranched alkanes of at least 4 members (excludes halogenated alkanes) is 1. The lowest BCUT2D eigenvalue weighted by atomic mass is 9.89. The molecule has 36 nitrogen and oxygen atoms in total. The van der Waals surface area contributed by atoms with E-state index in [2.05, 4.69) is 10.2 Å². The van der Waals surface area contributed by atoms with Crippen LogP contribution in [-0.4, -0.2) is 259 Å². The summed E-state index contributed by atoms with van der Waals surface area (Å²) >= 11 is 34.8. The largest absolute Gasteiger partial charge is 0.440 e. The molecule has 0 N–H and O–H groups in total. The third-order valence-corrected chi connectivity index (χ3v) is 20.7. The van der Waals surface area contributed by atoms with E-state index in [1.807, 2.05) is 6.92 Å². The molecule has 0 aliphatic carbocycles. The molecule has 0 aliphatic heterocycles. The summed E-state index contributed by atoms with van der Waals surface area (Å²) in [4.78, 5) is 187. The molecule has 0 saturated carbocycles. The highest BCUT2D eigenvalue weighted by atomic mass is 35.5. The van der Waals surface area contributed by atoms with Gasteiger partial charge in [0.1, 0.15) is 28.0 Å². The van der Waals surface area contributed by atoms with Crippen molar-refractivity contribution in [2.45, 2.75) is 172 Å². The Morgan fingerprint density at radius 2 is 0.657 bits per heavy atom. The second-order valence-electron chi connectivity index (χ2n) is 34.4. The third kappa shape index (κ3) is 34.5. The molecule has 0 spiro atoms. The van der Waals surface area contributed by atoms with E-state index in [0.717, 1.165) is 56.7 Å². The molecule has 5 aromatic rings. The number of ether oxygens (including phenoxy) is 16. The Kier molecular flexibility index (Phi) is 45.5. The molecule has 0 bridgehead atoms. The van der Waals surface area contributed by atoms with Crippen molar-refractivity contribution in [1.29, 1.82) is 0 Å². The molecule has 0 aromatic heterocycles. The van der Waals surface area contributed by atoms with Gasteiger partial charge in [-0.15, -0.1) is 0 Å². The summed E-state index contributed by atoms with van der Waals surface area (Å²) in [7, 11) is 7.22. The highest BCUT2D eigenvalue weighted by Crippen LogP contribution is 2.41. The van der Waals surface area contributed by atoms with Gasteiger partial charge in [0, 0.05) is 83.6 Å². The standard InChI is InChI=1S/C93H123Cl5N8O28/c1-24-25-36-124-52-88(7,8)51-76(109)101(81(112)77(61(5)107)99-105(86(117)133-92(15,16)56-128-45-40-122-22)74-48-63(32-34-67(74)96)79(110)102(70-30-26-28-65(94)59(70)3)83(114)130-89(9,10)53-125-42-37-119-19)72-50-69(98)73(47-58(72)2)104(85(116)132-91(13,14)55-127-44-39-121-21)82(113)78(62(6)108)100-106(87(118)134-93(17,18)57-129-46-41-123-23)75-49-64(33-35-68(75)97)80(111)103(71-31-27-29-66(95)60(71)4)84(115)131-90(11,12)54-126-43-38-120-20/h26-35,47-50H,24-25,36-46,51-57H2,1-23H3. The molecule has 0 heterocycles. The number of Topliss-reactive ketones (excluding diaryl/α,β-unsaturated/α-hetero) is 2. The molecule has 41 heteroatoms. The van der Waals surface area contributed by atoms with Crippen LogP contribution in [0.5, 0.6) is 0 Å². The van der Waals surface area contributed by atoms with E-state index in [0.29, 0.717) is 31.1 Å². The number of nitrogens with zero attached hydrogens (tertiary/aromatic N) is 8. The van der Waals surface area contributed by atoms with Gasteiger partial charge in [-0.1, -0.05) is 97.3 Å². The minimum absolute atomic E-state index is 0.00134. The number of hydrogen-bond donors (Lipinski definition) is 0. The number of carbonyl (C=O) groups excluding carboxylic acids is 12. The summed E-state index contributed by atoms with van der Waals surface area (Å²) in [5.74, 6) is -9.22. The Balaban J connectivity index is 1.93. The van der Waals surface area contributed by atoms with Gasteiger partial charge in [0.15, 0.2) is 23.0 Å². The van der Waals surface area contributed by atoms with Crippen molar-refractivity contribution in [2.75, 3.05) is 177 Å². The van der Waals surface area contributed by atoms with Crippen LogP contribution in [-0.2, 0) is 99.8 Å². The molecule has 0 radical (unpaired) electrons. The van der Waals surface area contributed by atoms with Crippen molar-refractivity contribution >= 4 is 175 Å². The van der Waals surface area contributed by atoms with Gasteiger partial charge in [-0.25, -0.2) is 43.6 Å². The van der Waals surface area contributed by atoms with Gasteiger partial charge in [0.2, 0.25) is 5.91 Å². The van der Waals surface area contributed by atoms with Gasteiger partial charge in [0.05, 0.1) is 155 Å². The number of halogens is 5. The number of imide groups is 4. The van der Waals surface area contributed by atoms with E-state index >= 15 is 38.4 Å². The van der Waals surface area contributed by atoms with E-state index in [-0.39, 0.29) is 155 Å². The van der Waals surface area contributed by atoms with Gasteiger partial charge in [-0.3, -0.25) is 33.6 Å². The van der Waals surface area contributed by atoms with Gasteiger partial charge in [-0.05, 0) is 191 Å². The molecule has 0 unspecified atom stereocenters. The van der Waals surface area contributed by atoms with Crippen molar-refractivity contribution in [2.24, 2.45) is 15.6 Å². The molecule has 0 fully saturated rings. The first-order chi connectivity index (χ1) is 62.8. The maximum absolute atomic E-state index is 16.3. The topological polar surface area (TPSA) is 397 Å². The van der Waals surface area contributed by atoms with Crippen LogP contribution in [0.25, 0.3) is 0 Å². The highest BCUT2D eigenvalue weighted by molar-refractivity contribution is 6.70. The van der Waals surface area contributed by atoms with Crippen molar-refractivity contribution in [3.8, 4) is 0 Å². The Hall–Kier alpha value is -9.71. The smallest absolute Gasteiger partial charge is 0.435 e. The fourth-order valence-electron chi connectivity index (χ4n) is 12.2. The predicted octanol–water partition coefficient (Wildman–Crippen LogP) is 17.4. The minimum Gasteiger partial charge on any atom is -0.440 e. The average Bonchev–Trinajstić information content (AvgIpc) is 0.778. The number of hydrogen-bond acceptors (Lipinski definition) is 30. The van der Waals surface area contributed by atoms with Gasteiger partial charge in [0.25, 0.3) is 23.6 Å². The Labute approximate surface area is 806 Å². The maximum atomic E-state index is 16.3. The summed E-state index contributed by atoms with van der Waals surface area (Å²) in [6.07, 6.45) is -6.34. The van der Waals surface area contributed by atoms with Crippen LogP contribution in [0.2, 0.25) is 25.1 Å². The quantitative estimate of drug-likeness (QED) is 0.0115. The van der Waals surface area contributed by atoms with Crippen molar-refractivity contribution in [3.05, 3.63) is 138 Å². The van der Waals surface area contributed by atoms with Crippen molar-refractivity contribution in [3.63, 3.8) is 0 Å². The van der Waals surface area contributed by atoms with Crippen LogP contribution in [0.1, 0.15) is 161 Å². The number of ketones is 2. The van der Waals surface area contributed by atoms with Crippen LogP contribution in [0.15, 0.2) is 95.1 Å². The average molecular weight is 1980 g/mol. The minimum atomic E-state index is -1.73. The molecule has 0 saturated heterocycles. The molecule has 10 amide bonds. The van der Waals surface area contributed by atoms with Gasteiger partial charge >= 0.3 is 30.5 Å². The van der Waals surface area contributed by atoms with E-state index < -0.39 is 172 Å². The molecule has 738 valence electrons. The molecule has 5 rings (SSSR count). The molecule has 5 aromatic carbocycles. The predicted molar refractivity (Wildman–Crippen MR) is 507 cm³/mol. The van der Waals surface area contributed by atoms with Crippen molar-refractivity contribution in [1.82, 2.24) is 0 Å². The highest BCUT2D eigenvalue weighted by Gasteiger charge is 2.44. The van der Waals surface area contributed by atoms with Crippen LogP contribution in [0.4, 0.5) is 58.1 Å². The zero-order valence-electron chi connectivity index (χ0n) is 80.1. The zero-order valence-corrected chi connectivity index (χ0v) is 83.9. The van der Waals surface area contributed by atoms with E-state index in [1.54, 1.807) is 13.8 Å². The Morgan fingerprint density at radius 1 is 0.336 bits per heavy atom. The number of rotatable bonds is 51. The maximum Gasteiger partial charge on any atom is 0.435 e. The number of aryl methyl sites for hydroxylation is 1. The number of methoxy groups -OCH3 is 5. The SMILES string of the molecule is CCCCOCC(C)(C)CC(=O)N(C(=O)C(=NN(C(=O)OC(C)(C)COCCOC)c1cc(C(=O)N(C(=O)OC(C)(C)COCCOC)c2cccc(Cl)c2C)ccc1Cl)C(C)=O)c1cc(Cl)c(N(C(=O)OC(C)(C)COCCOC)C(=O)C(=NN(C(=O)OC(C)(C)COCCOC)c2cc(C(=O)N(C(=O)OC(C)(C)COCCOC)c3cccc(Cl)c3C)ccc2Cl)C(C)=O)cc1C. The van der Waals surface area contributed by atoms with E-state index in [1.165, 1.54) is 174 Å². The van der Waals surface area contributed by atoms with Crippen LogP contribution < -0.4 is 29.6 Å². The summed E-state index contributed by atoms with van der Waals surface area (Å²) in [6.45, 7) is 25.6. The molecule has 134 heavy (non-hydrogen) atoms. The normalized spacial score (nSPS) is 12.2. The van der Waals surface area contributed by atoms with E-state index in [4.69, 9.17) is 134 Å². The summed E-state index contributed by atoms with van der Waals surface area (Å²) in [5.41, 5.74) is -14.6. The van der Waals surface area contributed by atoms with Crippen LogP contribution >= 0.6 is 58.0 Å². The first kappa shape index (κ1) is 115. The lowest BCUT2D eigenvalue weighted by molar-refractivity contribution is -0.126. The lowest BCUT2D eigenvalue weighted by Gasteiger charge is -2.32. The first-order valence-electron chi connectivity index (χ1n) is 42.5. The lowest BCUT2D eigenvalue weighted by Crippen LogP contribution is -2.49. The number of benzene rings is 5.